The number of hydrogen-bond donors (Lipinski definition) is 1. The number of hydrogen-bond acceptors (Lipinski definition) is 1. The van der Waals surface area contributed by atoms with Gasteiger partial charge in [-0.05, 0) is 12.8 Å². The van der Waals surface area contributed by atoms with Gasteiger partial charge in [0.2, 0.25) is 0 Å². The molecule has 0 bridgehead atoms. The molecule has 2 nitrogen and oxygen atoms in total. The summed E-state index contributed by atoms with van der Waals surface area (Å²) in [5, 5.41) is 3.43. The second-order valence-electron chi connectivity index (χ2n) is 4.02. The van der Waals surface area contributed by atoms with E-state index in [2.05, 4.69) is 31.1 Å². The highest BCUT2D eigenvalue weighted by molar-refractivity contribution is 5.81. The van der Waals surface area contributed by atoms with E-state index in [0.29, 0.717) is 0 Å². The molecule has 0 aromatic carbocycles. The van der Waals surface area contributed by atoms with Crippen molar-refractivity contribution in [1.29, 1.82) is 0 Å². The summed E-state index contributed by atoms with van der Waals surface area (Å²) in [5.41, 5.74) is 0. The number of aliphatic imine (C=N–C) groups is 1. The number of amidine groups is 1. The summed E-state index contributed by atoms with van der Waals surface area (Å²) >= 11 is 0. The maximum absolute atomic E-state index is 4.58. The van der Waals surface area contributed by atoms with Gasteiger partial charge in [0.25, 0.3) is 0 Å². The van der Waals surface area contributed by atoms with Crippen molar-refractivity contribution in [2.45, 2.75) is 65.7 Å². The van der Waals surface area contributed by atoms with Crippen LogP contribution in [0.5, 0.6) is 0 Å². The lowest BCUT2D eigenvalue weighted by Gasteiger charge is -2.07. The van der Waals surface area contributed by atoms with E-state index in [4.69, 9.17) is 0 Å². The minimum absolute atomic E-state index is 0.998. The Kier molecular flexibility index (Phi) is 11.1. The van der Waals surface area contributed by atoms with Crippen LogP contribution < -0.4 is 5.32 Å². The molecule has 0 atom stereocenters. The van der Waals surface area contributed by atoms with Gasteiger partial charge >= 0.3 is 0 Å². The maximum atomic E-state index is 4.58. The van der Waals surface area contributed by atoms with Gasteiger partial charge in [-0.3, -0.25) is 4.99 Å². The highest BCUT2D eigenvalue weighted by Crippen LogP contribution is 1.96. The lowest BCUT2D eigenvalue weighted by Crippen LogP contribution is -2.24. The van der Waals surface area contributed by atoms with Crippen LogP contribution in [0.25, 0.3) is 0 Å². The summed E-state index contributed by atoms with van der Waals surface area (Å²) in [4.78, 5) is 4.58. The largest absolute Gasteiger partial charge is 0.374 e. The normalized spacial score (nSPS) is 11.8. The molecule has 0 aliphatic rings. The fourth-order valence-electron chi connectivity index (χ4n) is 1.48. The zero-order valence-corrected chi connectivity index (χ0v) is 10.8. The van der Waals surface area contributed by atoms with Crippen LogP contribution in [0.1, 0.15) is 65.7 Å². The molecule has 0 saturated carbocycles. The van der Waals surface area contributed by atoms with Crippen LogP contribution >= 0.6 is 0 Å². The molecule has 0 unspecified atom stereocenters. The first-order valence-corrected chi connectivity index (χ1v) is 6.62. The molecule has 0 saturated heterocycles. The van der Waals surface area contributed by atoms with Crippen molar-refractivity contribution in [3.05, 3.63) is 0 Å². The van der Waals surface area contributed by atoms with E-state index < -0.39 is 0 Å². The van der Waals surface area contributed by atoms with Crippen molar-refractivity contribution in [2.24, 2.45) is 4.99 Å². The van der Waals surface area contributed by atoms with E-state index >= 15 is 0 Å². The molecule has 90 valence electrons. The van der Waals surface area contributed by atoms with Crippen molar-refractivity contribution in [2.75, 3.05) is 13.1 Å². The topological polar surface area (TPSA) is 24.4 Å². The van der Waals surface area contributed by atoms with Gasteiger partial charge in [0.15, 0.2) is 0 Å². The van der Waals surface area contributed by atoms with E-state index in [1.807, 2.05) is 0 Å². The Bertz CT molecular complexity index is 153. The smallest absolute Gasteiger partial charge is 0.0960 e. The van der Waals surface area contributed by atoms with Crippen LogP contribution in [-0.2, 0) is 0 Å². The average molecular weight is 212 g/mol. The van der Waals surface area contributed by atoms with Gasteiger partial charge in [-0.15, -0.1) is 0 Å². The van der Waals surface area contributed by atoms with Crippen molar-refractivity contribution >= 4 is 5.84 Å². The molecule has 1 N–H and O–H groups in total. The third kappa shape index (κ3) is 9.77. The lowest BCUT2D eigenvalue weighted by molar-refractivity contribution is 0.685. The SMILES string of the molecule is CCCCCN=C(CC)NCCCCC. The summed E-state index contributed by atoms with van der Waals surface area (Å²) in [6, 6.07) is 0. The van der Waals surface area contributed by atoms with Crippen molar-refractivity contribution in [3.63, 3.8) is 0 Å². The highest BCUT2D eigenvalue weighted by atomic mass is 15.0. The van der Waals surface area contributed by atoms with E-state index in [-0.39, 0.29) is 0 Å². The number of unbranched alkanes of at least 4 members (excludes halogenated alkanes) is 4. The Morgan fingerprint density at radius 3 is 2.20 bits per heavy atom. The summed E-state index contributed by atoms with van der Waals surface area (Å²) in [6.45, 7) is 8.73. The molecular weight excluding hydrogens is 184 g/mol. The van der Waals surface area contributed by atoms with Crippen molar-refractivity contribution < 1.29 is 0 Å². The molecule has 2 heteroatoms. The number of rotatable bonds is 9. The number of nitrogens with one attached hydrogen (secondary N) is 1. The summed E-state index contributed by atoms with van der Waals surface area (Å²) in [5.74, 6) is 1.20. The fourth-order valence-corrected chi connectivity index (χ4v) is 1.48. The molecule has 15 heavy (non-hydrogen) atoms. The number of nitrogens with zero attached hydrogens (tertiary/aromatic N) is 1. The van der Waals surface area contributed by atoms with Crippen LogP contribution in [0.15, 0.2) is 4.99 Å². The lowest BCUT2D eigenvalue weighted by atomic mass is 10.2. The summed E-state index contributed by atoms with van der Waals surface area (Å²) < 4.78 is 0. The van der Waals surface area contributed by atoms with Gasteiger partial charge in [0.1, 0.15) is 0 Å². The molecule has 0 fully saturated rings. The van der Waals surface area contributed by atoms with Crippen LogP contribution in [-0.4, -0.2) is 18.9 Å². The van der Waals surface area contributed by atoms with Gasteiger partial charge in [0, 0.05) is 19.5 Å². The summed E-state index contributed by atoms with van der Waals surface area (Å²) in [6.07, 6.45) is 8.73. The Morgan fingerprint density at radius 2 is 1.60 bits per heavy atom. The molecular formula is C13H28N2. The maximum Gasteiger partial charge on any atom is 0.0960 e. The highest BCUT2D eigenvalue weighted by Gasteiger charge is 1.94. The minimum atomic E-state index is 0.998. The van der Waals surface area contributed by atoms with E-state index in [0.717, 1.165) is 19.5 Å². The van der Waals surface area contributed by atoms with Crippen LogP contribution in [0.4, 0.5) is 0 Å². The molecule has 0 rings (SSSR count). The first-order valence-electron chi connectivity index (χ1n) is 6.62. The molecule has 0 aromatic rings. The molecule has 0 radical (unpaired) electrons. The van der Waals surface area contributed by atoms with Gasteiger partial charge in [-0.25, -0.2) is 0 Å². The van der Waals surface area contributed by atoms with Gasteiger partial charge < -0.3 is 5.32 Å². The van der Waals surface area contributed by atoms with E-state index in [1.165, 1.54) is 44.4 Å². The molecule has 0 aliphatic heterocycles. The van der Waals surface area contributed by atoms with Crippen molar-refractivity contribution in [3.8, 4) is 0 Å². The zero-order chi connectivity index (χ0) is 11.4. The molecule has 0 heterocycles. The van der Waals surface area contributed by atoms with Gasteiger partial charge in [-0.2, -0.15) is 0 Å². The van der Waals surface area contributed by atoms with Crippen LogP contribution in [0, 0.1) is 0 Å². The second kappa shape index (κ2) is 11.5. The minimum Gasteiger partial charge on any atom is -0.374 e. The standard InChI is InChI=1S/C13H28N2/c1-4-7-9-11-14-13(6-3)15-12-10-8-5-2/h4-12H2,1-3H3,(H,14,15). The summed E-state index contributed by atoms with van der Waals surface area (Å²) in [7, 11) is 0. The molecule has 0 amide bonds. The van der Waals surface area contributed by atoms with Crippen molar-refractivity contribution in [1.82, 2.24) is 5.32 Å². The molecule has 0 spiro atoms. The van der Waals surface area contributed by atoms with Gasteiger partial charge in [0.05, 0.1) is 5.84 Å². The second-order valence-corrected chi connectivity index (χ2v) is 4.02. The van der Waals surface area contributed by atoms with Crippen LogP contribution in [0.2, 0.25) is 0 Å². The quantitative estimate of drug-likeness (QED) is 0.351. The molecule has 0 aliphatic carbocycles. The Morgan fingerprint density at radius 1 is 0.933 bits per heavy atom. The van der Waals surface area contributed by atoms with E-state index in [9.17, 15) is 0 Å². The Labute approximate surface area is 95.6 Å². The predicted molar refractivity (Wildman–Crippen MR) is 69.6 cm³/mol. The first-order chi connectivity index (χ1) is 7.35. The monoisotopic (exact) mass is 212 g/mol. The van der Waals surface area contributed by atoms with E-state index in [1.54, 1.807) is 0 Å². The fraction of sp³-hybridized carbons (Fsp3) is 0.923. The molecule has 0 aromatic heterocycles. The third-order valence-corrected chi connectivity index (χ3v) is 2.51. The van der Waals surface area contributed by atoms with Crippen LogP contribution in [0.3, 0.4) is 0 Å². The Balaban J connectivity index is 3.51. The average Bonchev–Trinajstić information content (AvgIpc) is 2.27. The predicted octanol–water partition coefficient (Wildman–Crippen LogP) is 3.76. The zero-order valence-electron chi connectivity index (χ0n) is 10.8. The Hall–Kier alpha value is -0.530. The third-order valence-electron chi connectivity index (χ3n) is 2.51. The van der Waals surface area contributed by atoms with Gasteiger partial charge in [-0.1, -0.05) is 46.5 Å². The first kappa shape index (κ1) is 14.5.